The fourth-order valence-electron chi connectivity index (χ4n) is 2.27. The number of amides is 1. The molecule has 1 amide bonds. The van der Waals surface area contributed by atoms with Crippen molar-refractivity contribution in [3.8, 4) is 5.75 Å². The standard InChI is InChI=1S/C18H23N3O2/c1-14(11-15-5-8-17(23-4)9-6-15)21(3)18(22)10-7-16-12-19-20(2)13-16/h5-10,12-14H,11H2,1-4H3/b10-7+/t14-/m0/s1. The van der Waals surface area contributed by atoms with Crippen LogP contribution in [0.5, 0.6) is 5.75 Å². The summed E-state index contributed by atoms with van der Waals surface area (Å²) in [6, 6.07) is 8.03. The summed E-state index contributed by atoms with van der Waals surface area (Å²) < 4.78 is 6.86. The van der Waals surface area contributed by atoms with E-state index in [0.717, 1.165) is 17.7 Å². The maximum Gasteiger partial charge on any atom is 0.246 e. The first-order valence-electron chi connectivity index (χ1n) is 7.56. The van der Waals surface area contributed by atoms with Crippen LogP contribution in [0.2, 0.25) is 0 Å². The van der Waals surface area contributed by atoms with Gasteiger partial charge in [0.25, 0.3) is 0 Å². The summed E-state index contributed by atoms with van der Waals surface area (Å²) in [5, 5.41) is 4.07. The first-order valence-corrected chi connectivity index (χ1v) is 7.56. The SMILES string of the molecule is COc1ccc(C[C@H](C)N(C)C(=O)/C=C/c2cnn(C)c2)cc1. The normalized spacial score (nSPS) is 12.3. The predicted octanol–water partition coefficient (Wildman–Crippen LogP) is 2.53. The minimum Gasteiger partial charge on any atom is -0.497 e. The van der Waals surface area contributed by atoms with E-state index in [-0.39, 0.29) is 11.9 Å². The van der Waals surface area contributed by atoms with Gasteiger partial charge in [0.2, 0.25) is 5.91 Å². The van der Waals surface area contributed by atoms with Gasteiger partial charge in [0.05, 0.1) is 13.3 Å². The number of hydrogen-bond donors (Lipinski definition) is 0. The Labute approximate surface area is 137 Å². The Morgan fingerprint density at radius 2 is 2.09 bits per heavy atom. The average molecular weight is 313 g/mol. The second kappa shape index (κ2) is 7.63. The topological polar surface area (TPSA) is 47.4 Å². The highest BCUT2D eigenvalue weighted by molar-refractivity contribution is 5.91. The van der Waals surface area contributed by atoms with E-state index in [1.807, 2.05) is 51.5 Å². The highest BCUT2D eigenvalue weighted by Gasteiger charge is 2.14. The van der Waals surface area contributed by atoms with Crippen LogP contribution in [0.1, 0.15) is 18.1 Å². The molecule has 0 saturated heterocycles. The van der Waals surface area contributed by atoms with Gasteiger partial charge in [0.1, 0.15) is 5.75 Å². The van der Waals surface area contributed by atoms with Gasteiger partial charge in [0.15, 0.2) is 0 Å². The van der Waals surface area contributed by atoms with Crippen molar-refractivity contribution in [1.82, 2.24) is 14.7 Å². The first-order chi connectivity index (χ1) is 11.0. The number of likely N-dealkylation sites (N-methyl/N-ethyl adjacent to an activating group) is 1. The molecular formula is C18H23N3O2. The fourth-order valence-corrected chi connectivity index (χ4v) is 2.27. The monoisotopic (exact) mass is 313 g/mol. The Bertz CT molecular complexity index is 674. The summed E-state index contributed by atoms with van der Waals surface area (Å²) in [5.41, 5.74) is 2.09. The molecule has 1 aromatic carbocycles. The molecule has 23 heavy (non-hydrogen) atoms. The summed E-state index contributed by atoms with van der Waals surface area (Å²) >= 11 is 0. The Morgan fingerprint density at radius 3 is 2.65 bits per heavy atom. The molecule has 0 aliphatic carbocycles. The quantitative estimate of drug-likeness (QED) is 0.770. The summed E-state index contributed by atoms with van der Waals surface area (Å²) in [6.45, 7) is 2.04. The van der Waals surface area contributed by atoms with E-state index < -0.39 is 0 Å². The molecule has 1 aromatic heterocycles. The van der Waals surface area contributed by atoms with E-state index in [1.54, 1.807) is 35.0 Å². The molecule has 0 aliphatic rings. The molecule has 0 fully saturated rings. The lowest BCUT2D eigenvalue weighted by Crippen LogP contribution is -2.35. The lowest BCUT2D eigenvalue weighted by Gasteiger charge is -2.24. The van der Waals surface area contributed by atoms with Gasteiger partial charge >= 0.3 is 0 Å². The number of nitrogens with zero attached hydrogens (tertiary/aromatic N) is 3. The molecule has 0 bridgehead atoms. The lowest BCUT2D eigenvalue weighted by molar-refractivity contribution is -0.126. The molecule has 1 heterocycles. The predicted molar refractivity (Wildman–Crippen MR) is 91.2 cm³/mol. The number of hydrogen-bond acceptors (Lipinski definition) is 3. The molecule has 2 rings (SSSR count). The molecule has 0 unspecified atom stereocenters. The number of carbonyl (C=O) groups is 1. The third kappa shape index (κ3) is 4.71. The van der Waals surface area contributed by atoms with Gasteiger partial charge in [-0.05, 0) is 37.1 Å². The van der Waals surface area contributed by atoms with E-state index in [9.17, 15) is 4.79 Å². The molecule has 1 atom stereocenters. The van der Waals surface area contributed by atoms with Crippen LogP contribution in [-0.4, -0.2) is 40.8 Å². The Hall–Kier alpha value is -2.56. The minimum atomic E-state index is -0.0186. The highest BCUT2D eigenvalue weighted by atomic mass is 16.5. The maximum absolute atomic E-state index is 12.2. The van der Waals surface area contributed by atoms with Crippen molar-refractivity contribution in [2.45, 2.75) is 19.4 Å². The molecule has 5 nitrogen and oxygen atoms in total. The summed E-state index contributed by atoms with van der Waals surface area (Å²) in [4.78, 5) is 14.0. The van der Waals surface area contributed by atoms with Crippen LogP contribution in [-0.2, 0) is 18.3 Å². The molecule has 0 spiro atoms. The van der Waals surface area contributed by atoms with Gasteiger partial charge in [-0.3, -0.25) is 9.48 Å². The van der Waals surface area contributed by atoms with Crippen LogP contribution < -0.4 is 4.74 Å². The number of rotatable bonds is 6. The molecule has 0 N–H and O–H groups in total. The Morgan fingerprint density at radius 1 is 1.39 bits per heavy atom. The molecule has 0 aliphatic heterocycles. The third-order valence-corrected chi connectivity index (χ3v) is 3.84. The van der Waals surface area contributed by atoms with Gasteiger partial charge in [-0.2, -0.15) is 5.10 Å². The van der Waals surface area contributed by atoms with Crippen molar-refractivity contribution in [2.24, 2.45) is 7.05 Å². The van der Waals surface area contributed by atoms with Crippen molar-refractivity contribution < 1.29 is 9.53 Å². The number of aryl methyl sites for hydroxylation is 1. The summed E-state index contributed by atoms with van der Waals surface area (Å²) in [6.07, 6.45) is 7.76. The van der Waals surface area contributed by atoms with E-state index in [2.05, 4.69) is 5.10 Å². The zero-order chi connectivity index (χ0) is 16.8. The average Bonchev–Trinajstić information content (AvgIpc) is 2.98. The van der Waals surface area contributed by atoms with Crippen molar-refractivity contribution in [3.63, 3.8) is 0 Å². The van der Waals surface area contributed by atoms with Crippen LogP contribution in [0.15, 0.2) is 42.7 Å². The summed E-state index contributed by atoms with van der Waals surface area (Å²) in [5.74, 6) is 0.820. The van der Waals surface area contributed by atoms with Gasteiger partial charge in [-0.15, -0.1) is 0 Å². The maximum atomic E-state index is 12.2. The molecule has 0 radical (unpaired) electrons. The molecular weight excluding hydrogens is 290 g/mol. The largest absolute Gasteiger partial charge is 0.497 e. The van der Waals surface area contributed by atoms with Crippen LogP contribution in [0.3, 0.4) is 0 Å². The van der Waals surface area contributed by atoms with Crippen LogP contribution in [0, 0.1) is 0 Å². The number of methoxy groups -OCH3 is 1. The van der Waals surface area contributed by atoms with Crippen molar-refractivity contribution in [1.29, 1.82) is 0 Å². The first kappa shape index (κ1) is 16.8. The molecule has 122 valence electrons. The summed E-state index contributed by atoms with van der Waals surface area (Å²) in [7, 11) is 5.32. The number of ether oxygens (including phenoxy) is 1. The van der Waals surface area contributed by atoms with Crippen molar-refractivity contribution >= 4 is 12.0 Å². The van der Waals surface area contributed by atoms with Crippen LogP contribution in [0.4, 0.5) is 0 Å². The Balaban J connectivity index is 1.93. The third-order valence-electron chi connectivity index (χ3n) is 3.84. The molecule has 2 aromatic rings. The molecule has 0 saturated carbocycles. The lowest BCUT2D eigenvalue weighted by atomic mass is 10.1. The zero-order valence-electron chi connectivity index (χ0n) is 14.1. The van der Waals surface area contributed by atoms with Crippen LogP contribution in [0.25, 0.3) is 6.08 Å². The molecule has 5 heteroatoms. The smallest absolute Gasteiger partial charge is 0.246 e. The van der Waals surface area contributed by atoms with E-state index in [0.29, 0.717) is 0 Å². The van der Waals surface area contributed by atoms with Crippen molar-refractivity contribution in [3.05, 3.63) is 53.9 Å². The fraction of sp³-hybridized carbons (Fsp3) is 0.333. The van der Waals surface area contributed by atoms with E-state index in [4.69, 9.17) is 4.74 Å². The van der Waals surface area contributed by atoms with Crippen LogP contribution >= 0.6 is 0 Å². The number of benzene rings is 1. The van der Waals surface area contributed by atoms with Gasteiger partial charge in [-0.25, -0.2) is 0 Å². The van der Waals surface area contributed by atoms with Gasteiger partial charge in [0, 0.05) is 38.0 Å². The van der Waals surface area contributed by atoms with Gasteiger partial charge in [-0.1, -0.05) is 12.1 Å². The zero-order valence-corrected chi connectivity index (χ0v) is 14.1. The van der Waals surface area contributed by atoms with Gasteiger partial charge < -0.3 is 9.64 Å². The Kier molecular flexibility index (Phi) is 5.57. The minimum absolute atomic E-state index is 0.0186. The van der Waals surface area contributed by atoms with Crippen molar-refractivity contribution in [2.75, 3.05) is 14.2 Å². The van der Waals surface area contributed by atoms with E-state index >= 15 is 0 Å². The number of carbonyl (C=O) groups excluding carboxylic acids is 1. The second-order valence-electron chi connectivity index (χ2n) is 5.63. The highest BCUT2D eigenvalue weighted by Crippen LogP contribution is 2.14. The van der Waals surface area contributed by atoms with E-state index in [1.165, 1.54) is 5.56 Å². The number of aromatic nitrogens is 2. The second-order valence-corrected chi connectivity index (χ2v) is 5.63.